The molecule has 23 heavy (non-hydrogen) atoms. The van der Waals surface area contributed by atoms with E-state index < -0.39 is 23.0 Å². The third-order valence-corrected chi connectivity index (χ3v) is 3.82. The van der Waals surface area contributed by atoms with E-state index in [-0.39, 0.29) is 0 Å². The van der Waals surface area contributed by atoms with Gasteiger partial charge < -0.3 is 15.3 Å². The Balaban J connectivity index is 0.000000168. The molecule has 1 atom stereocenters. The van der Waals surface area contributed by atoms with Gasteiger partial charge in [0.05, 0.1) is 0 Å². The Morgan fingerprint density at radius 3 is 2.35 bits per heavy atom. The summed E-state index contributed by atoms with van der Waals surface area (Å²) in [6, 6.07) is 8.54. The van der Waals surface area contributed by atoms with Crippen LogP contribution in [0.5, 0.6) is 11.5 Å². The molecule has 1 aromatic heterocycles. The molecule has 1 aliphatic rings. The molecule has 1 saturated heterocycles. The van der Waals surface area contributed by atoms with Crippen molar-refractivity contribution in [1.29, 1.82) is 0 Å². The second-order valence-corrected chi connectivity index (χ2v) is 5.40. The largest absolute Gasteiger partial charge is 0.507 e. The Labute approximate surface area is 134 Å². The van der Waals surface area contributed by atoms with E-state index in [2.05, 4.69) is 23.0 Å². The van der Waals surface area contributed by atoms with Crippen molar-refractivity contribution in [2.45, 2.75) is 18.9 Å². The molecule has 6 nitrogen and oxygen atoms in total. The lowest BCUT2D eigenvalue weighted by atomic mass is 10.1. The van der Waals surface area contributed by atoms with Crippen LogP contribution in [0.25, 0.3) is 0 Å². The van der Waals surface area contributed by atoms with Crippen LogP contribution >= 0.6 is 0 Å². The first kappa shape index (κ1) is 16.8. The number of hydrogen-bond donors (Lipinski definition) is 3. The second-order valence-electron chi connectivity index (χ2n) is 5.40. The van der Waals surface area contributed by atoms with Crippen LogP contribution in [0.15, 0.2) is 42.7 Å². The van der Waals surface area contributed by atoms with Crippen LogP contribution in [0.1, 0.15) is 34.8 Å². The van der Waals surface area contributed by atoms with Gasteiger partial charge in [-0.15, -0.1) is 0 Å². The zero-order valence-electron chi connectivity index (χ0n) is 12.9. The predicted molar refractivity (Wildman–Crippen MR) is 85.6 cm³/mol. The zero-order chi connectivity index (χ0) is 16.8. The maximum absolute atomic E-state index is 10.3. The van der Waals surface area contributed by atoms with E-state index in [9.17, 15) is 4.79 Å². The topological polar surface area (TPSA) is 93.9 Å². The van der Waals surface area contributed by atoms with Crippen LogP contribution < -0.4 is 0 Å². The number of rotatable bonds is 2. The number of likely N-dealkylation sites (tertiary alicyclic amines) is 1. The summed E-state index contributed by atoms with van der Waals surface area (Å²) in [5.41, 5.74) is 0.894. The number of benzene rings is 1. The first-order valence-electron chi connectivity index (χ1n) is 7.35. The Kier molecular flexibility index (Phi) is 5.54. The van der Waals surface area contributed by atoms with Crippen molar-refractivity contribution < 1.29 is 20.1 Å². The Morgan fingerprint density at radius 2 is 1.91 bits per heavy atom. The summed E-state index contributed by atoms with van der Waals surface area (Å²) in [7, 11) is 2.19. The number of carboxylic acids is 1. The van der Waals surface area contributed by atoms with Crippen molar-refractivity contribution in [3.05, 3.63) is 53.9 Å². The van der Waals surface area contributed by atoms with Crippen molar-refractivity contribution in [2.75, 3.05) is 13.6 Å². The molecule has 0 bridgehead atoms. The predicted octanol–water partition coefficient (Wildman–Crippen LogP) is 2.64. The number of phenols is 2. The zero-order valence-corrected chi connectivity index (χ0v) is 12.9. The maximum Gasteiger partial charge on any atom is 0.343 e. The molecular formula is C17H20N2O4. The summed E-state index contributed by atoms with van der Waals surface area (Å²) in [5, 5.41) is 26.3. The van der Waals surface area contributed by atoms with Gasteiger partial charge >= 0.3 is 5.97 Å². The standard InChI is InChI=1S/C10H14N2.C7H6O4/c1-12-7-3-5-10(12)9-4-2-6-11-8-9;8-4-2-1-3-5(9)6(4)7(10)11/h2,4,6,8,10H,3,5,7H2,1H3;1-3,8-9H,(H,10,11). The molecule has 0 saturated carbocycles. The quantitative estimate of drug-likeness (QED) is 0.788. The summed E-state index contributed by atoms with van der Waals surface area (Å²) in [6.45, 7) is 1.22. The molecule has 1 aliphatic heterocycles. The summed E-state index contributed by atoms with van der Waals surface area (Å²) >= 11 is 0. The minimum absolute atomic E-state index is 0.433. The van der Waals surface area contributed by atoms with Gasteiger partial charge in [0, 0.05) is 18.4 Å². The highest BCUT2D eigenvalue weighted by Crippen LogP contribution is 2.29. The molecule has 6 heteroatoms. The van der Waals surface area contributed by atoms with Crippen LogP contribution in [-0.4, -0.2) is 44.8 Å². The second kappa shape index (κ2) is 7.60. The number of hydrogen-bond acceptors (Lipinski definition) is 5. The fourth-order valence-corrected chi connectivity index (χ4v) is 2.65. The first-order valence-corrected chi connectivity index (χ1v) is 7.35. The van der Waals surface area contributed by atoms with Gasteiger partial charge in [0.25, 0.3) is 0 Å². The summed E-state index contributed by atoms with van der Waals surface area (Å²) in [6.07, 6.45) is 6.41. The van der Waals surface area contributed by atoms with E-state index in [0.29, 0.717) is 6.04 Å². The molecule has 0 spiro atoms. The van der Waals surface area contributed by atoms with E-state index in [0.717, 1.165) is 0 Å². The van der Waals surface area contributed by atoms with E-state index in [4.69, 9.17) is 15.3 Å². The molecule has 122 valence electrons. The minimum Gasteiger partial charge on any atom is -0.507 e. The highest BCUT2D eigenvalue weighted by Gasteiger charge is 2.22. The lowest BCUT2D eigenvalue weighted by Crippen LogP contribution is -2.17. The van der Waals surface area contributed by atoms with Crippen LogP contribution in [0.2, 0.25) is 0 Å². The van der Waals surface area contributed by atoms with Crippen LogP contribution in [0.3, 0.4) is 0 Å². The van der Waals surface area contributed by atoms with Gasteiger partial charge in [0.15, 0.2) is 0 Å². The fourth-order valence-electron chi connectivity index (χ4n) is 2.65. The average Bonchev–Trinajstić information content (AvgIpc) is 2.94. The first-order chi connectivity index (χ1) is 11.0. The van der Waals surface area contributed by atoms with Gasteiger partial charge in [0.1, 0.15) is 17.1 Å². The smallest absolute Gasteiger partial charge is 0.343 e. The lowest BCUT2D eigenvalue weighted by molar-refractivity contribution is 0.0690. The van der Waals surface area contributed by atoms with Gasteiger partial charge in [-0.2, -0.15) is 0 Å². The molecule has 1 aromatic carbocycles. The van der Waals surface area contributed by atoms with Gasteiger partial charge in [-0.05, 0) is 50.2 Å². The highest BCUT2D eigenvalue weighted by atomic mass is 16.4. The monoisotopic (exact) mass is 316 g/mol. The Morgan fingerprint density at radius 1 is 1.22 bits per heavy atom. The van der Waals surface area contributed by atoms with Crippen LogP contribution in [-0.2, 0) is 0 Å². The summed E-state index contributed by atoms with van der Waals surface area (Å²) < 4.78 is 0. The molecule has 3 rings (SSSR count). The Bertz CT molecular complexity index is 641. The number of aromatic carboxylic acids is 1. The van der Waals surface area contributed by atoms with Gasteiger partial charge in [-0.1, -0.05) is 12.1 Å². The molecule has 3 N–H and O–H groups in total. The van der Waals surface area contributed by atoms with E-state index in [1.165, 1.54) is 43.1 Å². The van der Waals surface area contributed by atoms with Crippen LogP contribution in [0, 0.1) is 0 Å². The molecule has 0 aliphatic carbocycles. The molecule has 2 heterocycles. The number of pyridine rings is 1. The minimum atomic E-state index is -1.35. The molecule has 2 aromatic rings. The van der Waals surface area contributed by atoms with Crippen molar-refractivity contribution in [3.63, 3.8) is 0 Å². The Hall–Kier alpha value is -2.60. The third-order valence-electron chi connectivity index (χ3n) is 3.82. The van der Waals surface area contributed by atoms with Crippen molar-refractivity contribution in [1.82, 2.24) is 9.88 Å². The van der Waals surface area contributed by atoms with Crippen LogP contribution in [0.4, 0.5) is 0 Å². The molecule has 0 amide bonds. The van der Waals surface area contributed by atoms with Gasteiger partial charge in [-0.3, -0.25) is 9.88 Å². The average molecular weight is 316 g/mol. The SMILES string of the molecule is CN1CCCC1c1cccnc1.O=C(O)c1c(O)cccc1O. The number of aromatic nitrogens is 1. The van der Waals surface area contributed by atoms with Gasteiger partial charge in [-0.25, -0.2) is 4.79 Å². The highest BCUT2D eigenvalue weighted by molar-refractivity contribution is 5.93. The third kappa shape index (κ3) is 4.20. The number of nitrogens with zero attached hydrogens (tertiary/aromatic N) is 2. The molecule has 0 radical (unpaired) electrons. The maximum atomic E-state index is 10.3. The summed E-state index contributed by atoms with van der Waals surface area (Å²) in [5.74, 6) is -2.21. The van der Waals surface area contributed by atoms with Crippen molar-refractivity contribution >= 4 is 5.97 Å². The van der Waals surface area contributed by atoms with Crippen molar-refractivity contribution in [2.24, 2.45) is 0 Å². The van der Waals surface area contributed by atoms with E-state index in [1.807, 2.05) is 18.5 Å². The molecule has 1 unspecified atom stereocenters. The normalized spacial score (nSPS) is 17.3. The molecule has 1 fully saturated rings. The molecular weight excluding hydrogens is 296 g/mol. The van der Waals surface area contributed by atoms with Gasteiger partial charge in [0.2, 0.25) is 0 Å². The lowest BCUT2D eigenvalue weighted by Gasteiger charge is -2.18. The fraction of sp³-hybridized carbons (Fsp3) is 0.294. The number of carbonyl (C=O) groups is 1. The van der Waals surface area contributed by atoms with E-state index >= 15 is 0 Å². The van der Waals surface area contributed by atoms with E-state index in [1.54, 1.807) is 0 Å². The van der Waals surface area contributed by atoms with Crippen molar-refractivity contribution in [3.8, 4) is 11.5 Å². The number of aromatic hydroxyl groups is 2. The number of carboxylic acid groups (broad SMARTS) is 1. The summed E-state index contributed by atoms with van der Waals surface area (Å²) in [4.78, 5) is 16.9.